The Labute approximate surface area is 356 Å². The summed E-state index contributed by atoms with van der Waals surface area (Å²) in [6.45, 7) is 9.82. The summed E-state index contributed by atoms with van der Waals surface area (Å²) < 4.78 is 36.5. The Morgan fingerprint density at radius 3 is 2.38 bits per heavy atom. The predicted octanol–water partition coefficient (Wildman–Crippen LogP) is 7.98. The molecule has 2 atom stereocenters. The van der Waals surface area contributed by atoms with Crippen LogP contribution in [0.2, 0.25) is 0 Å². The molecular formula is C45H41N9O5S2. The first-order valence-electron chi connectivity index (χ1n) is 19.5. The number of amides is 1. The zero-order valence-electron chi connectivity index (χ0n) is 34.2. The van der Waals surface area contributed by atoms with E-state index in [4.69, 9.17) is 9.73 Å². The third kappa shape index (κ3) is 7.58. The van der Waals surface area contributed by atoms with Crippen LogP contribution >= 0.6 is 11.3 Å². The van der Waals surface area contributed by atoms with Crippen molar-refractivity contribution in [2.24, 2.45) is 4.99 Å². The maximum absolute atomic E-state index is 13.4. The van der Waals surface area contributed by atoms with E-state index in [0.717, 1.165) is 49.0 Å². The van der Waals surface area contributed by atoms with Crippen molar-refractivity contribution in [3.8, 4) is 22.2 Å². The van der Waals surface area contributed by atoms with Gasteiger partial charge in [-0.05, 0) is 80.6 Å². The minimum atomic E-state index is -3.97. The summed E-state index contributed by atoms with van der Waals surface area (Å²) in [4.78, 5) is 39.6. The average Bonchev–Trinajstić information content (AvgIpc) is 3.94. The maximum atomic E-state index is 13.4. The van der Waals surface area contributed by atoms with Gasteiger partial charge in [-0.15, -0.1) is 21.5 Å². The molecule has 0 radical (unpaired) electrons. The first kappa shape index (κ1) is 40.8. The number of sulfonamides is 1. The fourth-order valence-electron chi connectivity index (χ4n) is 7.57. The highest BCUT2D eigenvalue weighted by Gasteiger charge is 2.33. The number of carbonyl (C=O) groups is 2. The van der Waals surface area contributed by atoms with Crippen LogP contribution in [0.1, 0.15) is 92.7 Å². The lowest BCUT2D eigenvalue weighted by Crippen LogP contribution is -2.27. The largest absolute Gasteiger partial charge is 0.469 e. The first-order chi connectivity index (χ1) is 29.3. The molecule has 16 heteroatoms. The molecule has 0 saturated heterocycles. The second-order valence-electron chi connectivity index (χ2n) is 14.7. The number of hydrogen-bond acceptors (Lipinski definition) is 11. The Kier molecular flexibility index (Phi) is 10.9. The molecule has 3 aromatic carbocycles. The molecule has 1 aliphatic rings. The second-order valence-corrected chi connectivity index (χ2v) is 17.6. The summed E-state index contributed by atoms with van der Waals surface area (Å²) in [5.74, 6) is 0.517. The Balaban J connectivity index is 0.959. The minimum Gasteiger partial charge on any atom is -0.469 e. The van der Waals surface area contributed by atoms with E-state index in [9.17, 15) is 23.3 Å². The summed E-state index contributed by atoms with van der Waals surface area (Å²) in [5, 5.41) is 22.9. The van der Waals surface area contributed by atoms with Gasteiger partial charge in [0.25, 0.3) is 15.9 Å². The highest BCUT2D eigenvalue weighted by atomic mass is 32.2. The molecule has 0 aliphatic carbocycles. The fraction of sp³-hybridized carbons (Fsp3) is 0.222. The number of thiophene rings is 1. The van der Waals surface area contributed by atoms with Crippen molar-refractivity contribution in [3.05, 3.63) is 141 Å². The molecule has 14 nitrogen and oxygen atoms in total. The fourth-order valence-corrected chi connectivity index (χ4v) is 9.85. The van der Waals surface area contributed by atoms with Crippen LogP contribution in [0.3, 0.4) is 0 Å². The topological polar surface area (TPSA) is 197 Å². The van der Waals surface area contributed by atoms with Gasteiger partial charge in [-0.3, -0.25) is 28.9 Å². The Hall–Kier alpha value is -6.96. The zero-order chi connectivity index (χ0) is 43.2. The molecule has 5 heterocycles. The third-order valence-corrected chi connectivity index (χ3v) is 13.6. The van der Waals surface area contributed by atoms with Gasteiger partial charge >= 0.3 is 5.97 Å². The van der Waals surface area contributed by atoms with Crippen molar-refractivity contribution in [1.82, 2.24) is 30.0 Å². The lowest BCUT2D eigenvalue weighted by Gasteiger charge is -2.15. The highest BCUT2D eigenvalue weighted by molar-refractivity contribution is 7.92. The first-order valence-corrected chi connectivity index (χ1v) is 21.8. The zero-order valence-corrected chi connectivity index (χ0v) is 35.8. The number of anilines is 1. The summed E-state index contributed by atoms with van der Waals surface area (Å²) in [7, 11) is -2.61. The number of ether oxygens (including phenoxy) is 1. The number of fused-ring (bicyclic) bond motifs is 4. The smallest absolute Gasteiger partial charge is 0.308 e. The predicted molar refractivity (Wildman–Crippen MR) is 234 cm³/mol. The van der Waals surface area contributed by atoms with Crippen molar-refractivity contribution < 1.29 is 22.7 Å². The lowest BCUT2D eigenvalue weighted by molar-refractivity contribution is -0.141. The molecule has 0 spiro atoms. The quantitative estimate of drug-likeness (QED) is 0.108. The second kappa shape index (κ2) is 16.2. The molecule has 0 unspecified atom stereocenters. The number of aliphatic imine (C=N–C) groups is 1. The van der Waals surface area contributed by atoms with E-state index in [1.807, 2.05) is 61.7 Å². The van der Waals surface area contributed by atoms with Crippen LogP contribution in [0, 0.1) is 32.1 Å². The summed E-state index contributed by atoms with van der Waals surface area (Å²) in [6, 6.07) is 22.3. The Morgan fingerprint density at radius 2 is 1.70 bits per heavy atom. The van der Waals surface area contributed by atoms with Crippen molar-refractivity contribution in [2.75, 3.05) is 11.8 Å². The van der Waals surface area contributed by atoms with E-state index in [1.165, 1.54) is 19.2 Å². The standard InChI is InChI=1S/C45H41N9O5S2/c1-7-28-14-18-35(42-40(28)33(21-46)23-48-42)53-61(57,58)34-16-12-29(13-17-34)25(3)49-44(56)36-19-15-32(22-47-36)30-8-10-31(11-9-30)41-39-24(2)26(4)60-45(39)54-27(5)51-52-43(54)37(50-41)20-38(55)59-6/h8-19,22-23,25,37,48,53H,7,20H2,1-6H3,(H,49,56)/t25-,37+/m1/s1. The summed E-state index contributed by atoms with van der Waals surface area (Å²) >= 11 is 1.64. The van der Waals surface area contributed by atoms with Gasteiger partial charge < -0.3 is 15.0 Å². The van der Waals surface area contributed by atoms with Crippen LogP contribution < -0.4 is 10.0 Å². The summed E-state index contributed by atoms with van der Waals surface area (Å²) in [6.07, 6.45) is 3.93. The normalized spacial score (nSPS) is 14.0. The third-order valence-electron chi connectivity index (χ3n) is 11.0. The van der Waals surface area contributed by atoms with Crippen molar-refractivity contribution >= 4 is 55.5 Å². The van der Waals surface area contributed by atoms with E-state index in [0.29, 0.717) is 45.8 Å². The van der Waals surface area contributed by atoms with E-state index in [-0.39, 0.29) is 22.9 Å². The van der Waals surface area contributed by atoms with Crippen molar-refractivity contribution in [1.29, 1.82) is 5.26 Å². The van der Waals surface area contributed by atoms with Gasteiger partial charge in [0.05, 0.1) is 46.9 Å². The number of nitriles is 1. The molecule has 3 N–H and O–H groups in total. The highest BCUT2D eigenvalue weighted by Crippen LogP contribution is 2.40. The SMILES string of the molecule is CCc1ccc(NS(=O)(=O)c2ccc([C@@H](C)NC(=O)c3ccc(-c4ccc(C5=N[C@@H](CC(=O)OC)c6nnc(C)n6-c6sc(C)c(C)c65)cc4)cn3)cc2)c2[nH]cc(C#N)c12. The molecule has 0 fully saturated rings. The van der Waals surface area contributed by atoms with Crippen LogP contribution in [0.5, 0.6) is 0 Å². The maximum Gasteiger partial charge on any atom is 0.308 e. The number of rotatable bonds is 11. The van der Waals surface area contributed by atoms with Gasteiger partial charge in [0.15, 0.2) is 5.82 Å². The minimum absolute atomic E-state index is 0.0155. The van der Waals surface area contributed by atoms with Gasteiger partial charge in [-0.25, -0.2) is 8.42 Å². The average molecular weight is 852 g/mol. The number of nitrogens with one attached hydrogen (secondary N) is 3. The van der Waals surface area contributed by atoms with Crippen LogP contribution in [0.15, 0.2) is 95.1 Å². The number of aryl methyl sites for hydroxylation is 3. The van der Waals surface area contributed by atoms with Gasteiger partial charge in [-0.1, -0.05) is 55.5 Å². The van der Waals surface area contributed by atoms with E-state index in [2.05, 4.69) is 50.1 Å². The number of pyridine rings is 1. The molecule has 7 aromatic rings. The molecule has 61 heavy (non-hydrogen) atoms. The van der Waals surface area contributed by atoms with Gasteiger partial charge in [0.2, 0.25) is 0 Å². The number of esters is 1. The Morgan fingerprint density at radius 1 is 0.984 bits per heavy atom. The molecule has 308 valence electrons. The van der Waals surface area contributed by atoms with Gasteiger partial charge in [-0.2, -0.15) is 5.26 Å². The van der Waals surface area contributed by atoms with E-state index >= 15 is 0 Å². The number of aromatic amines is 1. The number of methoxy groups -OCH3 is 1. The van der Waals surface area contributed by atoms with E-state index in [1.54, 1.807) is 48.0 Å². The lowest BCUT2D eigenvalue weighted by atomic mass is 9.97. The summed E-state index contributed by atoms with van der Waals surface area (Å²) in [5.41, 5.74) is 8.58. The van der Waals surface area contributed by atoms with Gasteiger partial charge in [0.1, 0.15) is 28.6 Å². The monoisotopic (exact) mass is 851 g/mol. The number of H-pyrrole nitrogens is 1. The van der Waals surface area contributed by atoms with Crippen LogP contribution in [0.4, 0.5) is 5.69 Å². The molecule has 4 aromatic heterocycles. The Bertz CT molecular complexity index is 3030. The van der Waals surface area contributed by atoms with Crippen LogP contribution in [0.25, 0.3) is 27.0 Å². The number of carbonyl (C=O) groups excluding carboxylic acids is 2. The molecule has 1 aliphatic heterocycles. The number of benzene rings is 3. The van der Waals surface area contributed by atoms with Gasteiger partial charge in [0, 0.05) is 39.3 Å². The molecule has 0 bridgehead atoms. The van der Waals surface area contributed by atoms with Crippen molar-refractivity contribution in [3.63, 3.8) is 0 Å². The molecule has 0 saturated carbocycles. The van der Waals surface area contributed by atoms with Crippen LogP contribution in [-0.4, -0.2) is 57.8 Å². The molecular weight excluding hydrogens is 811 g/mol. The molecule has 1 amide bonds. The number of aromatic nitrogens is 5. The number of hydrogen-bond donors (Lipinski definition) is 3. The van der Waals surface area contributed by atoms with E-state index < -0.39 is 28.1 Å². The number of nitrogens with zero attached hydrogens (tertiary/aromatic N) is 6. The van der Waals surface area contributed by atoms with Crippen LogP contribution in [-0.2, 0) is 26.0 Å². The van der Waals surface area contributed by atoms with Crippen molar-refractivity contribution in [2.45, 2.75) is 64.4 Å². The molecule has 8 rings (SSSR count).